The van der Waals surface area contributed by atoms with E-state index in [4.69, 9.17) is 41.8 Å². The first-order valence-electron chi connectivity index (χ1n) is 14.1. The van der Waals surface area contributed by atoms with Gasteiger partial charge in [0.05, 0.1) is 31.8 Å². The zero-order valence-corrected chi connectivity index (χ0v) is 28.0. The highest BCUT2D eigenvalue weighted by atomic mass is 16.3. The van der Waals surface area contributed by atoms with Crippen molar-refractivity contribution in [1.82, 2.24) is 0 Å². The highest BCUT2D eigenvalue weighted by Gasteiger charge is 2.20. The summed E-state index contributed by atoms with van der Waals surface area (Å²) in [4.78, 5) is 0. The van der Waals surface area contributed by atoms with Crippen molar-refractivity contribution in [2.45, 2.75) is 149 Å². The Bertz CT molecular complexity index is 265. The van der Waals surface area contributed by atoms with Crippen LogP contribution >= 0.6 is 0 Å². The van der Waals surface area contributed by atoms with Crippen LogP contribution in [0.1, 0.15) is 143 Å². The Morgan fingerprint density at radius 1 is 0.737 bits per heavy atom. The van der Waals surface area contributed by atoms with Gasteiger partial charge in [0.15, 0.2) is 0 Å². The summed E-state index contributed by atoms with van der Waals surface area (Å²) in [5.74, 6) is 1.00. The first-order chi connectivity index (χ1) is 17.1. The van der Waals surface area contributed by atoms with Gasteiger partial charge in [-0.2, -0.15) is 0 Å². The SMILES string of the molecule is C.CC.CC(=N)N.CC(C)C.CC(CO)(CO)CO.CCC.CCC(C)O.CCCC.CCCO.CCO. The summed E-state index contributed by atoms with van der Waals surface area (Å²) in [6, 6.07) is 0. The van der Waals surface area contributed by atoms with Gasteiger partial charge >= 0.3 is 0 Å². The first-order valence-corrected chi connectivity index (χ1v) is 14.1. The number of rotatable bonds is 6. The summed E-state index contributed by atoms with van der Waals surface area (Å²) in [7, 11) is 0. The highest BCUT2D eigenvalue weighted by Crippen LogP contribution is 2.10. The van der Waals surface area contributed by atoms with Crippen molar-refractivity contribution >= 4 is 5.84 Å². The number of amidine groups is 1. The Morgan fingerprint density at radius 2 is 0.868 bits per heavy atom. The van der Waals surface area contributed by atoms with Crippen molar-refractivity contribution < 1.29 is 30.6 Å². The van der Waals surface area contributed by atoms with Crippen LogP contribution in [0.15, 0.2) is 0 Å². The number of nitrogens with two attached hydrogens (primary N) is 1. The molecule has 38 heavy (non-hydrogen) atoms. The minimum absolute atomic E-state index is 0. The second-order valence-corrected chi connectivity index (χ2v) is 8.70. The monoisotopic (exact) mass is 565 g/mol. The fraction of sp³-hybridized carbons (Fsp3) is 0.967. The van der Waals surface area contributed by atoms with Gasteiger partial charge in [-0.05, 0) is 39.5 Å². The Morgan fingerprint density at radius 3 is 0.868 bits per heavy atom. The van der Waals surface area contributed by atoms with Crippen LogP contribution in [0.25, 0.3) is 0 Å². The van der Waals surface area contributed by atoms with E-state index in [0.29, 0.717) is 6.61 Å². The molecule has 8 heteroatoms. The molecule has 0 amide bonds. The van der Waals surface area contributed by atoms with Crippen LogP contribution in [0, 0.1) is 16.7 Å². The van der Waals surface area contributed by atoms with Gasteiger partial charge in [0, 0.05) is 18.6 Å². The molecule has 0 aromatic carbocycles. The molecule has 0 fully saturated rings. The smallest absolute Gasteiger partial charge is 0.0873 e. The molecular formula is C30H80N2O6. The van der Waals surface area contributed by atoms with E-state index in [1.54, 1.807) is 20.8 Å². The molecule has 0 bridgehead atoms. The summed E-state index contributed by atoms with van der Waals surface area (Å²) >= 11 is 0. The molecule has 0 aliphatic carbocycles. The second kappa shape index (κ2) is 76.6. The minimum Gasteiger partial charge on any atom is -0.397 e. The number of nitrogens with one attached hydrogen (secondary N) is 1. The first kappa shape index (κ1) is 65.9. The second-order valence-electron chi connectivity index (χ2n) is 8.70. The lowest BCUT2D eigenvalue weighted by atomic mass is 9.95. The molecule has 0 aromatic heterocycles. The van der Waals surface area contributed by atoms with Crippen LogP contribution < -0.4 is 5.73 Å². The van der Waals surface area contributed by atoms with E-state index in [0.717, 1.165) is 18.8 Å². The third kappa shape index (κ3) is 276. The summed E-state index contributed by atoms with van der Waals surface area (Å²) in [5.41, 5.74) is 3.99. The maximum absolute atomic E-state index is 8.47. The summed E-state index contributed by atoms with van der Waals surface area (Å²) in [6.45, 7) is 29.6. The predicted molar refractivity (Wildman–Crippen MR) is 174 cm³/mol. The fourth-order valence-corrected chi connectivity index (χ4v) is 0.150. The zero-order chi connectivity index (χ0) is 32.3. The molecule has 0 aliphatic heterocycles. The van der Waals surface area contributed by atoms with Crippen LogP contribution in [-0.4, -0.2) is 75.6 Å². The Balaban J connectivity index is -0.0000000297. The average molecular weight is 565 g/mol. The maximum atomic E-state index is 8.47. The number of hydrogen-bond donors (Lipinski definition) is 8. The predicted octanol–water partition coefficient (Wildman–Crippen LogP) is 6.62. The summed E-state index contributed by atoms with van der Waals surface area (Å²) < 4.78 is 0. The summed E-state index contributed by atoms with van der Waals surface area (Å²) in [5, 5.41) is 55.5. The van der Waals surface area contributed by atoms with Crippen molar-refractivity contribution in [3.05, 3.63) is 0 Å². The van der Waals surface area contributed by atoms with Crippen molar-refractivity contribution in [2.24, 2.45) is 17.1 Å². The van der Waals surface area contributed by atoms with E-state index in [9.17, 15) is 0 Å². The molecule has 0 rings (SSSR count). The van der Waals surface area contributed by atoms with Crippen LogP contribution in [-0.2, 0) is 0 Å². The molecule has 0 saturated heterocycles. The standard InChI is InChI=1S/C5H12O3.C4H10O.2C4H10.C3H8O.C3H8.C2H6N2.C2H6O.C2H6.CH4/c1-5(2-6,3-7)4-8;1-3-4(2)5;1-4(2)3;1-3-4-2;1-2-3-4;1-3-2;1-2(3)4;1-2-3;1-2;/h6-8H,2-4H2,1H3;4-5H,3H2,1-2H3;4H,1-3H3;3-4H2,1-2H3;4H,2-3H2,1H3;3H2,1-2H3;1H3,(H3,3,4);3H,2H2,1H3;1-2H3;1H4. The Labute approximate surface area is 241 Å². The summed E-state index contributed by atoms with van der Waals surface area (Å²) in [6.07, 6.45) is 5.51. The lowest BCUT2D eigenvalue weighted by Crippen LogP contribution is -2.29. The van der Waals surface area contributed by atoms with Gasteiger partial charge in [0.2, 0.25) is 0 Å². The molecule has 9 N–H and O–H groups in total. The minimum atomic E-state index is -0.708. The van der Waals surface area contributed by atoms with Crippen molar-refractivity contribution in [3.8, 4) is 0 Å². The molecular weight excluding hydrogens is 484 g/mol. The van der Waals surface area contributed by atoms with Crippen molar-refractivity contribution in [2.75, 3.05) is 33.0 Å². The van der Waals surface area contributed by atoms with E-state index in [1.807, 2.05) is 27.7 Å². The molecule has 0 heterocycles. The number of hydrogen-bond acceptors (Lipinski definition) is 7. The molecule has 0 aliphatic rings. The molecule has 0 radical (unpaired) electrons. The third-order valence-electron chi connectivity index (χ3n) is 2.46. The zero-order valence-electron chi connectivity index (χ0n) is 28.0. The van der Waals surface area contributed by atoms with Crippen LogP contribution in [0.5, 0.6) is 0 Å². The number of unbranched alkanes of at least 4 members (excludes halogenated alkanes) is 1. The molecule has 0 spiro atoms. The normalized spacial score (nSPS) is 8.79. The lowest BCUT2D eigenvalue weighted by molar-refractivity contribution is 0.0200. The van der Waals surface area contributed by atoms with Crippen LogP contribution in [0.3, 0.4) is 0 Å². The third-order valence-corrected chi connectivity index (χ3v) is 2.46. The largest absolute Gasteiger partial charge is 0.397 e. The number of aliphatic hydroxyl groups is 6. The van der Waals surface area contributed by atoms with E-state index in [2.05, 4.69) is 48.5 Å². The van der Waals surface area contributed by atoms with Crippen molar-refractivity contribution in [3.63, 3.8) is 0 Å². The Hall–Kier alpha value is -0.770. The van der Waals surface area contributed by atoms with E-state index in [-0.39, 0.29) is 45.8 Å². The van der Waals surface area contributed by atoms with E-state index < -0.39 is 5.41 Å². The van der Waals surface area contributed by atoms with E-state index in [1.165, 1.54) is 26.2 Å². The molecule has 246 valence electrons. The topological polar surface area (TPSA) is 171 Å². The van der Waals surface area contributed by atoms with Crippen LogP contribution in [0.2, 0.25) is 0 Å². The molecule has 0 saturated carbocycles. The molecule has 1 unspecified atom stereocenters. The maximum Gasteiger partial charge on any atom is 0.0873 e. The number of aliphatic hydroxyl groups excluding tert-OH is 6. The van der Waals surface area contributed by atoms with Gasteiger partial charge < -0.3 is 36.4 Å². The Kier molecular flexibility index (Phi) is 133. The van der Waals surface area contributed by atoms with Gasteiger partial charge in [0.1, 0.15) is 0 Å². The van der Waals surface area contributed by atoms with Gasteiger partial charge in [0.25, 0.3) is 0 Å². The molecule has 8 nitrogen and oxygen atoms in total. The van der Waals surface area contributed by atoms with Crippen LogP contribution in [0.4, 0.5) is 0 Å². The lowest BCUT2D eigenvalue weighted by Gasteiger charge is -2.20. The van der Waals surface area contributed by atoms with Gasteiger partial charge in [-0.15, -0.1) is 0 Å². The van der Waals surface area contributed by atoms with Crippen molar-refractivity contribution in [1.29, 1.82) is 5.41 Å². The van der Waals surface area contributed by atoms with Gasteiger partial charge in [-0.1, -0.05) is 110 Å². The van der Waals surface area contributed by atoms with Gasteiger partial charge in [-0.3, -0.25) is 5.41 Å². The van der Waals surface area contributed by atoms with E-state index >= 15 is 0 Å². The molecule has 1 atom stereocenters. The fourth-order valence-electron chi connectivity index (χ4n) is 0.150. The average Bonchev–Trinajstić information content (AvgIpc) is 2.85. The highest BCUT2D eigenvalue weighted by molar-refractivity contribution is 5.73. The van der Waals surface area contributed by atoms with Gasteiger partial charge in [-0.25, -0.2) is 0 Å². The molecule has 0 aromatic rings. The quantitative estimate of drug-likeness (QED) is 0.132.